The second-order valence-corrected chi connectivity index (χ2v) is 7.06. The first-order chi connectivity index (χ1) is 12.9. The maximum absolute atomic E-state index is 2.43. The number of fused-ring (bicyclic) bond motifs is 9. The molecule has 6 rings (SSSR count). The van der Waals surface area contributed by atoms with Crippen molar-refractivity contribution in [1.29, 1.82) is 0 Å². The zero-order chi connectivity index (χ0) is 17.1. The highest BCUT2D eigenvalue weighted by atomic mass is 15.1. The van der Waals surface area contributed by atoms with E-state index < -0.39 is 0 Å². The Labute approximate surface area is 153 Å². The van der Waals surface area contributed by atoms with Crippen LogP contribution in [0.2, 0.25) is 0 Å². The third-order valence-electron chi connectivity index (χ3n) is 5.67. The second kappa shape index (κ2) is 5.12. The Morgan fingerprint density at radius 1 is 0.615 bits per heavy atom. The molecule has 0 N–H and O–H groups in total. The van der Waals surface area contributed by atoms with E-state index in [1.54, 1.807) is 0 Å². The summed E-state index contributed by atoms with van der Waals surface area (Å²) in [5, 5.41) is 2.60. The third kappa shape index (κ3) is 1.82. The topological polar surface area (TPSA) is 3.24 Å². The van der Waals surface area contributed by atoms with Crippen LogP contribution in [0.4, 0.5) is 5.69 Å². The van der Waals surface area contributed by atoms with Crippen LogP contribution in [0.25, 0.3) is 28.0 Å². The molecule has 0 spiro atoms. The van der Waals surface area contributed by atoms with E-state index in [0.717, 1.165) is 0 Å². The van der Waals surface area contributed by atoms with Crippen molar-refractivity contribution in [2.24, 2.45) is 0 Å². The van der Waals surface area contributed by atoms with Crippen LogP contribution in [-0.4, -0.2) is 6.85 Å². The zero-order valence-electron chi connectivity index (χ0n) is 14.3. The van der Waals surface area contributed by atoms with E-state index in [4.69, 9.17) is 0 Å². The van der Waals surface area contributed by atoms with Gasteiger partial charge in [0.25, 0.3) is 0 Å². The molecule has 2 aliphatic heterocycles. The Kier molecular flexibility index (Phi) is 2.75. The van der Waals surface area contributed by atoms with E-state index in [0.29, 0.717) is 0 Å². The Hall–Kier alpha value is -3.26. The summed E-state index contributed by atoms with van der Waals surface area (Å²) in [6, 6.07) is 30.9. The first kappa shape index (κ1) is 14.0. The van der Waals surface area contributed by atoms with Gasteiger partial charge in [0.1, 0.15) is 0 Å². The molecule has 4 aromatic carbocycles. The van der Waals surface area contributed by atoms with E-state index in [9.17, 15) is 0 Å². The Bertz CT molecular complexity index is 1210. The van der Waals surface area contributed by atoms with Crippen LogP contribution in [0.15, 0.2) is 91.1 Å². The number of para-hydroxylation sites is 1. The summed E-state index contributed by atoms with van der Waals surface area (Å²) in [4.78, 5) is 2.43. The van der Waals surface area contributed by atoms with Crippen molar-refractivity contribution in [3.05, 3.63) is 96.7 Å². The van der Waals surface area contributed by atoms with E-state index in [1.807, 2.05) is 0 Å². The average Bonchev–Trinajstić information content (AvgIpc) is 2.72. The van der Waals surface area contributed by atoms with Gasteiger partial charge in [-0.2, -0.15) is 0 Å². The molecule has 0 atom stereocenters. The van der Waals surface area contributed by atoms with Gasteiger partial charge in [0.2, 0.25) is 0 Å². The molecule has 0 saturated heterocycles. The molecule has 0 unspecified atom stereocenters. The van der Waals surface area contributed by atoms with Gasteiger partial charge in [-0.25, -0.2) is 0 Å². The number of nitrogens with zero attached hydrogens (tertiary/aromatic N) is 1. The minimum Gasteiger partial charge on any atom is -0.383 e. The molecule has 26 heavy (non-hydrogen) atoms. The van der Waals surface area contributed by atoms with E-state index in [-0.39, 0.29) is 6.85 Å². The van der Waals surface area contributed by atoms with E-state index in [1.165, 1.54) is 44.1 Å². The van der Waals surface area contributed by atoms with Crippen LogP contribution >= 0.6 is 0 Å². The molecule has 0 bridgehead atoms. The van der Waals surface area contributed by atoms with E-state index in [2.05, 4.69) is 102 Å². The van der Waals surface area contributed by atoms with Gasteiger partial charge in [0.05, 0.1) is 0 Å². The largest absolute Gasteiger partial charge is 0.383 e. The summed E-state index contributed by atoms with van der Waals surface area (Å²) in [5.74, 6) is 0. The van der Waals surface area contributed by atoms with Gasteiger partial charge < -0.3 is 4.81 Å². The third-order valence-corrected chi connectivity index (χ3v) is 5.67. The normalized spacial score (nSPS) is 13.8. The Morgan fingerprint density at radius 2 is 1.35 bits per heavy atom. The summed E-state index contributed by atoms with van der Waals surface area (Å²) >= 11 is 0. The lowest BCUT2D eigenvalue weighted by molar-refractivity contribution is 1.37. The van der Waals surface area contributed by atoms with E-state index >= 15 is 0 Å². The monoisotopic (exact) mass is 329 g/mol. The maximum atomic E-state index is 2.43. The maximum Gasteiger partial charge on any atom is 0.328 e. The molecule has 0 aromatic heterocycles. The Balaban J connectivity index is 1.74. The molecule has 0 saturated carbocycles. The molecular weight excluding hydrogens is 313 g/mol. The molecule has 1 nitrogen and oxygen atoms in total. The van der Waals surface area contributed by atoms with Crippen LogP contribution < -0.4 is 15.7 Å². The highest BCUT2D eigenvalue weighted by Crippen LogP contribution is 2.37. The van der Waals surface area contributed by atoms with Gasteiger partial charge in [-0.15, -0.1) is 0 Å². The first-order valence-corrected chi connectivity index (χ1v) is 9.08. The number of rotatable bonds is 0. The summed E-state index contributed by atoms with van der Waals surface area (Å²) < 4.78 is 0. The van der Waals surface area contributed by atoms with Gasteiger partial charge >= 0.3 is 6.85 Å². The lowest BCUT2D eigenvalue weighted by Gasteiger charge is -2.39. The minimum atomic E-state index is 0.228. The molecule has 0 amide bonds. The summed E-state index contributed by atoms with van der Waals surface area (Å²) in [6.45, 7) is 0.228. The van der Waals surface area contributed by atoms with Crippen molar-refractivity contribution in [1.82, 2.24) is 0 Å². The van der Waals surface area contributed by atoms with Crippen molar-refractivity contribution >= 4 is 40.3 Å². The number of benzene rings is 4. The standard InChI is InChI=1S/C24H16BN/c1-2-9-19-16-23-21(15-18(19)8-1)20-10-4-6-12-24(20)26-14-13-17-7-3-5-11-22(17)25(23)26/h1-16H. The lowest BCUT2D eigenvalue weighted by atomic mass is 9.44. The Morgan fingerprint density at radius 3 is 2.27 bits per heavy atom. The smallest absolute Gasteiger partial charge is 0.328 e. The van der Waals surface area contributed by atoms with Gasteiger partial charge in [-0.1, -0.05) is 72.8 Å². The van der Waals surface area contributed by atoms with Crippen LogP contribution in [-0.2, 0) is 0 Å². The molecule has 0 radical (unpaired) electrons. The first-order valence-electron chi connectivity index (χ1n) is 9.08. The molecule has 0 aliphatic carbocycles. The fourth-order valence-corrected chi connectivity index (χ4v) is 4.49. The van der Waals surface area contributed by atoms with Crippen LogP contribution in [0.5, 0.6) is 0 Å². The van der Waals surface area contributed by atoms with Crippen molar-refractivity contribution in [2.45, 2.75) is 0 Å². The molecule has 120 valence electrons. The van der Waals surface area contributed by atoms with Gasteiger partial charge in [-0.3, -0.25) is 0 Å². The van der Waals surface area contributed by atoms with Crippen LogP contribution in [0, 0.1) is 0 Å². The van der Waals surface area contributed by atoms with Crippen LogP contribution in [0.1, 0.15) is 5.56 Å². The molecule has 2 heterocycles. The summed E-state index contributed by atoms with van der Waals surface area (Å²) in [6.07, 6.45) is 4.47. The predicted molar refractivity (Wildman–Crippen MR) is 112 cm³/mol. The lowest BCUT2D eigenvalue weighted by Crippen LogP contribution is -2.59. The predicted octanol–water partition coefficient (Wildman–Crippen LogP) is 4.42. The fraction of sp³-hybridized carbons (Fsp3) is 0. The highest BCUT2D eigenvalue weighted by molar-refractivity contribution is 6.91. The van der Waals surface area contributed by atoms with Crippen molar-refractivity contribution in [3.63, 3.8) is 0 Å². The molecule has 4 aromatic rings. The summed E-state index contributed by atoms with van der Waals surface area (Å²) in [7, 11) is 0. The minimum absolute atomic E-state index is 0.228. The molecule has 2 aliphatic rings. The van der Waals surface area contributed by atoms with Crippen molar-refractivity contribution in [3.8, 4) is 11.1 Å². The van der Waals surface area contributed by atoms with Gasteiger partial charge in [-0.05, 0) is 57.2 Å². The molecule has 2 heteroatoms. The number of hydrogen-bond donors (Lipinski definition) is 0. The quantitative estimate of drug-likeness (QED) is 0.432. The van der Waals surface area contributed by atoms with Crippen molar-refractivity contribution < 1.29 is 0 Å². The number of hydrogen-bond acceptors (Lipinski definition) is 1. The van der Waals surface area contributed by atoms with Gasteiger partial charge in [0.15, 0.2) is 0 Å². The van der Waals surface area contributed by atoms with Crippen molar-refractivity contribution in [2.75, 3.05) is 4.81 Å². The van der Waals surface area contributed by atoms with Gasteiger partial charge in [0, 0.05) is 11.3 Å². The highest BCUT2D eigenvalue weighted by Gasteiger charge is 2.37. The second-order valence-electron chi connectivity index (χ2n) is 7.06. The number of anilines is 1. The molecule has 0 fully saturated rings. The zero-order valence-corrected chi connectivity index (χ0v) is 14.3. The SMILES string of the molecule is C1=CN2B(c3ccccc31)c1cc3ccccc3cc1-c1ccccc12. The molecular formula is C24H16BN. The fourth-order valence-electron chi connectivity index (χ4n) is 4.49. The van der Waals surface area contributed by atoms with Crippen LogP contribution in [0.3, 0.4) is 0 Å². The average molecular weight is 329 g/mol. The summed E-state index contributed by atoms with van der Waals surface area (Å²) in [5.41, 5.74) is 8.03.